The van der Waals surface area contributed by atoms with Crippen molar-refractivity contribution in [3.8, 4) is 0 Å². The average Bonchev–Trinajstić information content (AvgIpc) is 2.37. The van der Waals surface area contributed by atoms with Gasteiger partial charge in [-0.25, -0.2) is 0 Å². The van der Waals surface area contributed by atoms with Gasteiger partial charge < -0.3 is 10.1 Å². The molecule has 1 N–H and O–H groups in total. The van der Waals surface area contributed by atoms with Crippen LogP contribution in [0.3, 0.4) is 0 Å². The van der Waals surface area contributed by atoms with Crippen molar-refractivity contribution in [3.05, 3.63) is 29.3 Å². The van der Waals surface area contributed by atoms with E-state index >= 15 is 0 Å². The quantitative estimate of drug-likeness (QED) is 0.522. The molecule has 0 radical (unpaired) electrons. The van der Waals surface area contributed by atoms with Crippen LogP contribution in [0.25, 0.3) is 0 Å². The van der Waals surface area contributed by atoms with E-state index in [9.17, 15) is 0 Å². The number of unbranched alkanes of at least 4 members (excludes halogenated alkanes) is 1. The number of nitrogens with one attached hydrogen (secondary N) is 1. The van der Waals surface area contributed by atoms with Gasteiger partial charge in [-0.1, -0.05) is 17.7 Å². The molecule has 0 saturated carbocycles. The highest BCUT2D eigenvalue weighted by atomic mass is 35.5. The van der Waals surface area contributed by atoms with Gasteiger partial charge in [0.05, 0.1) is 0 Å². The summed E-state index contributed by atoms with van der Waals surface area (Å²) in [5.41, 5.74) is 0. The predicted molar refractivity (Wildman–Crippen MR) is 80.8 cm³/mol. The van der Waals surface area contributed by atoms with E-state index in [-0.39, 0.29) is 0 Å². The number of hydrogen-bond acceptors (Lipinski definition) is 3. The summed E-state index contributed by atoms with van der Waals surface area (Å²) in [5.74, 6) is 1.08. The third-order valence-corrected chi connectivity index (χ3v) is 3.67. The van der Waals surface area contributed by atoms with Gasteiger partial charge in [-0.15, -0.1) is 11.8 Å². The maximum absolute atomic E-state index is 5.93. The summed E-state index contributed by atoms with van der Waals surface area (Å²) in [6, 6.07) is 8.00. The van der Waals surface area contributed by atoms with Gasteiger partial charge in [-0.2, -0.15) is 0 Å². The first kappa shape index (κ1) is 15.8. The van der Waals surface area contributed by atoms with Crippen molar-refractivity contribution in [2.45, 2.75) is 24.7 Å². The predicted octanol–water partition coefficient (Wildman–Crippen LogP) is 3.84. The van der Waals surface area contributed by atoms with Gasteiger partial charge in [-0.05, 0) is 44.5 Å². The Morgan fingerprint density at radius 3 is 2.94 bits per heavy atom. The third-order valence-electron chi connectivity index (χ3n) is 2.44. The van der Waals surface area contributed by atoms with Crippen LogP contribution in [0.1, 0.15) is 19.8 Å². The summed E-state index contributed by atoms with van der Waals surface area (Å²) in [5, 5.41) is 4.25. The molecule has 0 unspecified atom stereocenters. The summed E-state index contributed by atoms with van der Waals surface area (Å²) in [7, 11) is 0. The second-order valence-corrected chi connectivity index (χ2v) is 5.56. The number of thioether (sulfide) groups is 1. The Morgan fingerprint density at radius 1 is 1.28 bits per heavy atom. The Morgan fingerprint density at radius 2 is 2.17 bits per heavy atom. The molecule has 2 nitrogen and oxygen atoms in total. The van der Waals surface area contributed by atoms with Crippen LogP contribution in [0.15, 0.2) is 29.2 Å². The second kappa shape index (κ2) is 10.7. The lowest BCUT2D eigenvalue weighted by atomic mass is 10.3. The minimum Gasteiger partial charge on any atom is -0.382 e. The fraction of sp³-hybridized carbons (Fsp3) is 0.571. The Kier molecular flexibility index (Phi) is 9.40. The number of halogens is 1. The standard InChI is InChI=1S/C14H22ClNOS/c1-2-17-10-4-3-8-16-9-11-18-14-7-5-6-13(15)12-14/h5-7,12,16H,2-4,8-11H2,1H3. The van der Waals surface area contributed by atoms with Crippen LogP contribution in [0.4, 0.5) is 0 Å². The zero-order valence-corrected chi connectivity index (χ0v) is 12.5. The van der Waals surface area contributed by atoms with E-state index in [1.165, 1.54) is 11.3 Å². The summed E-state index contributed by atoms with van der Waals surface area (Å²) in [6.45, 7) is 5.85. The molecule has 0 saturated heterocycles. The Hall–Kier alpha value is -0.220. The molecule has 102 valence electrons. The van der Waals surface area contributed by atoms with Gasteiger partial charge in [0.15, 0.2) is 0 Å². The number of benzene rings is 1. The largest absolute Gasteiger partial charge is 0.382 e. The molecule has 0 aliphatic carbocycles. The molecule has 1 rings (SSSR count). The molecule has 0 aliphatic rings. The van der Waals surface area contributed by atoms with Crippen molar-refractivity contribution < 1.29 is 4.74 Å². The monoisotopic (exact) mass is 287 g/mol. The Labute approximate surface area is 119 Å². The summed E-state index contributed by atoms with van der Waals surface area (Å²) in [4.78, 5) is 1.24. The SMILES string of the molecule is CCOCCCCNCCSc1cccc(Cl)c1. The molecule has 0 spiro atoms. The van der Waals surface area contributed by atoms with E-state index in [1.54, 1.807) is 0 Å². The number of ether oxygens (including phenoxy) is 1. The molecular formula is C14H22ClNOS. The van der Waals surface area contributed by atoms with Crippen LogP contribution in [-0.4, -0.2) is 32.1 Å². The average molecular weight is 288 g/mol. The summed E-state index contributed by atoms with van der Waals surface area (Å²) in [6.07, 6.45) is 2.32. The highest BCUT2D eigenvalue weighted by Gasteiger charge is 1.95. The first-order chi connectivity index (χ1) is 8.83. The molecule has 0 aromatic heterocycles. The van der Waals surface area contributed by atoms with Crippen LogP contribution < -0.4 is 5.32 Å². The molecule has 0 heterocycles. The van der Waals surface area contributed by atoms with E-state index in [0.717, 1.165) is 43.5 Å². The molecule has 1 aromatic carbocycles. The third kappa shape index (κ3) is 7.98. The lowest BCUT2D eigenvalue weighted by Gasteiger charge is -2.05. The van der Waals surface area contributed by atoms with Gasteiger partial charge in [0.1, 0.15) is 0 Å². The highest BCUT2D eigenvalue weighted by molar-refractivity contribution is 7.99. The van der Waals surface area contributed by atoms with E-state index in [2.05, 4.69) is 11.4 Å². The molecule has 4 heteroatoms. The topological polar surface area (TPSA) is 21.3 Å². The number of hydrogen-bond donors (Lipinski definition) is 1. The van der Waals surface area contributed by atoms with Crippen molar-refractivity contribution >= 4 is 23.4 Å². The smallest absolute Gasteiger partial charge is 0.0466 e. The molecule has 0 atom stereocenters. The van der Waals surface area contributed by atoms with Crippen LogP contribution in [-0.2, 0) is 4.74 Å². The van der Waals surface area contributed by atoms with E-state index in [1.807, 2.05) is 36.9 Å². The Bertz CT molecular complexity index is 322. The zero-order chi connectivity index (χ0) is 13.1. The van der Waals surface area contributed by atoms with Crippen LogP contribution in [0, 0.1) is 0 Å². The first-order valence-electron chi connectivity index (χ1n) is 6.49. The fourth-order valence-corrected chi connectivity index (χ4v) is 2.64. The highest BCUT2D eigenvalue weighted by Crippen LogP contribution is 2.20. The van der Waals surface area contributed by atoms with Gasteiger partial charge in [0.25, 0.3) is 0 Å². The van der Waals surface area contributed by atoms with Crippen molar-refractivity contribution in [2.24, 2.45) is 0 Å². The molecule has 0 amide bonds. The van der Waals surface area contributed by atoms with E-state index in [0.29, 0.717) is 0 Å². The van der Waals surface area contributed by atoms with Crippen LogP contribution in [0.2, 0.25) is 5.02 Å². The molecule has 18 heavy (non-hydrogen) atoms. The van der Waals surface area contributed by atoms with Gasteiger partial charge in [0, 0.05) is 35.4 Å². The molecule has 0 aliphatic heterocycles. The summed E-state index contributed by atoms with van der Waals surface area (Å²) < 4.78 is 5.29. The van der Waals surface area contributed by atoms with Crippen LogP contribution in [0.5, 0.6) is 0 Å². The van der Waals surface area contributed by atoms with Crippen molar-refractivity contribution in [1.29, 1.82) is 0 Å². The van der Waals surface area contributed by atoms with Crippen molar-refractivity contribution in [2.75, 3.05) is 32.1 Å². The summed E-state index contributed by atoms with van der Waals surface area (Å²) >= 11 is 7.76. The lowest BCUT2D eigenvalue weighted by Crippen LogP contribution is -2.18. The van der Waals surface area contributed by atoms with Crippen molar-refractivity contribution in [3.63, 3.8) is 0 Å². The second-order valence-electron chi connectivity index (χ2n) is 3.96. The van der Waals surface area contributed by atoms with Gasteiger partial charge >= 0.3 is 0 Å². The van der Waals surface area contributed by atoms with E-state index < -0.39 is 0 Å². The molecule has 0 fully saturated rings. The minimum atomic E-state index is 0.809. The maximum atomic E-state index is 5.93. The first-order valence-corrected chi connectivity index (χ1v) is 7.86. The fourth-order valence-electron chi connectivity index (χ4n) is 1.52. The van der Waals surface area contributed by atoms with Crippen molar-refractivity contribution in [1.82, 2.24) is 5.32 Å². The number of rotatable bonds is 10. The minimum absolute atomic E-state index is 0.809. The zero-order valence-electron chi connectivity index (χ0n) is 11.0. The Balaban J connectivity index is 1.92. The van der Waals surface area contributed by atoms with Gasteiger partial charge in [-0.3, -0.25) is 0 Å². The normalized spacial score (nSPS) is 10.8. The van der Waals surface area contributed by atoms with Crippen LogP contribution >= 0.6 is 23.4 Å². The molecule has 1 aromatic rings. The molecule has 0 bridgehead atoms. The molecular weight excluding hydrogens is 266 g/mol. The lowest BCUT2D eigenvalue weighted by molar-refractivity contribution is 0.143. The maximum Gasteiger partial charge on any atom is 0.0466 e. The van der Waals surface area contributed by atoms with Gasteiger partial charge in [0.2, 0.25) is 0 Å². The van der Waals surface area contributed by atoms with E-state index in [4.69, 9.17) is 16.3 Å².